The van der Waals surface area contributed by atoms with Crippen molar-refractivity contribution in [3.8, 4) is 5.75 Å². The fourth-order valence-electron chi connectivity index (χ4n) is 2.50. The van der Waals surface area contributed by atoms with Crippen LogP contribution in [0.4, 0.5) is 11.4 Å². The molecule has 116 valence electrons. The molecule has 1 aromatic rings. The van der Waals surface area contributed by atoms with Gasteiger partial charge in [0.1, 0.15) is 5.75 Å². The second-order valence-electron chi connectivity index (χ2n) is 5.53. The summed E-state index contributed by atoms with van der Waals surface area (Å²) in [7, 11) is 5.43. The number of carbonyl (C=O) groups is 1. The highest BCUT2D eigenvalue weighted by atomic mass is 16.5. The monoisotopic (exact) mass is 292 g/mol. The molecule has 1 amide bonds. The van der Waals surface area contributed by atoms with Crippen LogP contribution in [0.1, 0.15) is 0 Å². The summed E-state index contributed by atoms with van der Waals surface area (Å²) in [6.07, 6.45) is 0. The number of piperazine rings is 1. The predicted molar refractivity (Wildman–Crippen MR) is 84.8 cm³/mol. The summed E-state index contributed by atoms with van der Waals surface area (Å²) in [6.45, 7) is 3.61. The molecule has 0 radical (unpaired) electrons. The summed E-state index contributed by atoms with van der Waals surface area (Å²) < 4.78 is 5.17. The van der Waals surface area contributed by atoms with Crippen molar-refractivity contribution < 1.29 is 9.53 Å². The lowest BCUT2D eigenvalue weighted by molar-refractivity contribution is -0.132. The maximum absolute atomic E-state index is 12.0. The van der Waals surface area contributed by atoms with Gasteiger partial charge in [-0.05, 0) is 32.3 Å². The van der Waals surface area contributed by atoms with E-state index in [0.717, 1.165) is 31.9 Å². The number of rotatable bonds is 4. The number of likely N-dealkylation sites (N-methyl/N-ethyl adjacent to an activating group) is 1. The van der Waals surface area contributed by atoms with Crippen molar-refractivity contribution in [3.63, 3.8) is 0 Å². The molecule has 2 rings (SSSR count). The average molecular weight is 292 g/mol. The van der Waals surface area contributed by atoms with E-state index < -0.39 is 0 Å². The fraction of sp³-hybridized carbons (Fsp3) is 0.533. The second-order valence-corrected chi connectivity index (χ2v) is 5.53. The highest BCUT2D eigenvalue weighted by Crippen LogP contribution is 2.27. The topological polar surface area (TPSA) is 62.0 Å². The Labute approximate surface area is 126 Å². The van der Waals surface area contributed by atoms with E-state index in [2.05, 4.69) is 4.90 Å². The Balaban J connectivity index is 1.95. The number of hydrogen-bond donors (Lipinski definition) is 1. The largest absolute Gasteiger partial charge is 0.495 e. The molecule has 1 aliphatic heterocycles. The Morgan fingerprint density at radius 2 is 1.95 bits per heavy atom. The molecule has 0 unspecified atom stereocenters. The molecule has 0 bridgehead atoms. The zero-order chi connectivity index (χ0) is 15.4. The van der Waals surface area contributed by atoms with E-state index in [1.807, 2.05) is 42.1 Å². The van der Waals surface area contributed by atoms with Crippen molar-refractivity contribution in [2.24, 2.45) is 0 Å². The lowest BCUT2D eigenvalue weighted by Crippen LogP contribution is -2.50. The molecule has 1 aromatic carbocycles. The molecule has 0 aliphatic carbocycles. The molecule has 1 saturated heterocycles. The van der Waals surface area contributed by atoms with E-state index in [1.165, 1.54) is 0 Å². The number of nitrogen functional groups attached to an aromatic ring is 1. The third-order valence-electron chi connectivity index (χ3n) is 3.66. The Kier molecular flexibility index (Phi) is 4.90. The van der Waals surface area contributed by atoms with Crippen LogP contribution in [0.2, 0.25) is 0 Å². The molecule has 0 saturated carbocycles. The van der Waals surface area contributed by atoms with E-state index in [0.29, 0.717) is 18.0 Å². The number of amides is 1. The molecule has 0 spiro atoms. The average Bonchev–Trinajstić information content (AvgIpc) is 2.46. The van der Waals surface area contributed by atoms with Crippen molar-refractivity contribution in [2.45, 2.75) is 0 Å². The first-order valence-electron chi connectivity index (χ1n) is 7.12. The zero-order valence-corrected chi connectivity index (χ0v) is 13.0. The molecule has 0 aromatic heterocycles. The molecule has 6 heteroatoms. The third-order valence-corrected chi connectivity index (χ3v) is 3.66. The quantitative estimate of drug-likeness (QED) is 0.818. The molecule has 1 heterocycles. The van der Waals surface area contributed by atoms with Gasteiger partial charge in [0.25, 0.3) is 0 Å². The van der Waals surface area contributed by atoms with Gasteiger partial charge in [0.05, 0.1) is 19.3 Å². The van der Waals surface area contributed by atoms with E-state index in [4.69, 9.17) is 10.5 Å². The number of ether oxygens (including phenoxy) is 1. The third kappa shape index (κ3) is 3.78. The van der Waals surface area contributed by atoms with E-state index in [9.17, 15) is 4.79 Å². The Bertz CT molecular complexity index is 496. The van der Waals surface area contributed by atoms with Gasteiger partial charge < -0.3 is 25.2 Å². The number of anilines is 2. The minimum atomic E-state index is 0.189. The number of hydrogen-bond acceptors (Lipinski definition) is 5. The van der Waals surface area contributed by atoms with Crippen LogP contribution in [-0.4, -0.2) is 69.6 Å². The zero-order valence-electron chi connectivity index (χ0n) is 13.0. The smallest absolute Gasteiger partial charge is 0.236 e. The number of methoxy groups -OCH3 is 1. The van der Waals surface area contributed by atoms with Gasteiger partial charge in [-0.1, -0.05) is 0 Å². The first-order valence-corrected chi connectivity index (χ1v) is 7.12. The highest BCUT2D eigenvalue weighted by Gasteiger charge is 2.21. The van der Waals surface area contributed by atoms with E-state index >= 15 is 0 Å². The van der Waals surface area contributed by atoms with Gasteiger partial charge in [-0.25, -0.2) is 0 Å². The van der Waals surface area contributed by atoms with Crippen LogP contribution in [0.15, 0.2) is 18.2 Å². The summed E-state index contributed by atoms with van der Waals surface area (Å²) in [4.78, 5) is 18.1. The first kappa shape index (κ1) is 15.4. The van der Waals surface area contributed by atoms with Gasteiger partial charge in [0, 0.05) is 31.9 Å². The van der Waals surface area contributed by atoms with E-state index in [1.54, 1.807) is 7.11 Å². The standard InChI is InChI=1S/C15H24N4O2/c1-17(2)11-15(20)19-8-6-18(7-9-19)12-4-5-14(21-3)13(16)10-12/h4-5,10H,6-9,11,16H2,1-3H3. The first-order chi connectivity index (χ1) is 10.0. The number of nitrogens with two attached hydrogens (primary N) is 1. The Morgan fingerprint density at radius 1 is 1.29 bits per heavy atom. The Morgan fingerprint density at radius 3 is 2.48 bits per heavy atom. The maximum Gasteiger partial charge on any atom is 0.236 e. The van der Waals surface area contributed by atoms with Gasteiger partial charge in [-0.2, -0.15) is 0 Å². The molecule has 2 N–H and O–H groups in total. The molecule has 1 fully saturated rings. The molecular formula is C15H24N4O2. The number of benzene rings is 1. The lowest BCUT2D eigenvalue weighted by Gasteiger charge is -2.36. The molecule has 1 aliphatic rings. The SMILES string of the molecule is COc1ccc(N2CCN(C(=O)CN(C)C)CC2)cc1N. The minimum absolute atomic E-state index is 0.189. The van der Waals surface area contributed by atoms with Gasteiger partial charge in [0.2, 0.25) is 5.91 Å². The predicted octanol–water partition coefficient (Wildman–Crippen LogP) is 0.488. The van der Waals surface area contributed by atoms with Crippen molar-refractivity contribution >= 4 is 17.3 Å². The summed E-state index contributed by atoms with van der Waals surface area (Å²) >= 11 is 0. The van der Waals surface area contributed by atoms with Crippen LogP contribution in [0.5, 0.6) is 5.75 Å². The Hall–Kier alpha value is -1.95. The minimum Gasteiger partial charge on any atom is -0.495 e. The summed E-state index contributed by atoms with van der Waals surface area (Å²) in [6, 6.07) is 5.82. The molecular weight excluding hydrogens is 268 g/mol. The van der Waals surface area contributed by atoms with Crippen LogP contribution in [-0.2, 0) is 4.79 Å². The highest BCUT2D eigenvalue weighted by molar-refractivity contribution is 5.78. The second kappa shape index (κ2) is 6.67. The van der Waals surface area contributed by atoms with Gasteiger partial charge in [-0.15, -0.1) is 0 Å². The van der Waals surface area contributed by atoms with Crippen LogP contribution >= 0.6 is 0 Å². The summed E-state index contributed by atoms with van der Waals surface area (Å²) in [5.41, 5.74) is 7.66. The number of nitrogens with zero attached hydrogens (tertiary/aromatic N) is 3. The van der Waals surface area contributed by atoms with Crippen LogP contribution in [0, 0.1) is 0 Å². The van der Waals surface area contributed by atoms with Crippen molar-refractivity contribution in [1.29, 1.82) is 0 Å². The van der Waals surface area contributed by atoms with Gasteiger partial charge in [0.15, 0.2) is 0 Å². The summed E-state index contributed by atoms with van der Waals surface area (Å²) in [5, 5.41) is 0. The number of carbonyl (C=O) groups excluding carboxylic acids is 1. The van der Waals surface area contributed by atoms with E-state index in [-0.39, 0.29) is 5.91 Å². The summed E-state index contributed by atoms with van der Waals surface area (Å²) in [5.74, 6) is 0.882. The van der Waals surface area contributed by atoms with Gasteiger partial charge in [-0.3, -0.25) is 4.79 Å². The maximum atomic E-state index is 12.0. The fourth-order valence-corrected chi connectivity index (χ4v) is 2.50. The van der Waals surface area contributed by atoms with Gasteiger partial charge >= 0.3 is 0 Å². The van der Waals surface area contributed by atoms with Crippen LogP contribution < -0.4 is 15.4 Å². The van der Waals surface area contributed by atoms with Crippen molar-refractivity contribution in [2.75, 3.05) is 64.6 Å². The van der Waals surface area contributed by atoms with Crippen LogP contribution in [0.25, 0.3) is 0 Å². The molecule has 0 atom stereocenters. The van der Waals surface area contributed by atoms with Crippen molar-refractivity contribution in [1.82, 2.24) is 9.80 Å². The van der Waals surface area contributed by atoms with Crippen molar-refractivity contribution in [3.05, 3.63) is 18.2 Å². The lowest BCUT2D eigenvalue weighted by atomic mass is 10.2. The van der Waals surface area contributed by atoms with Crippen LogP contribution in [0.3, 0.4) is 0 Å². The molecule has 6 nitrogen and oxygen atoms in total. The molecule has 21 heavy (non-hydrogen) atoms. The normalized spacial score (nSPS) is 15.4.